The second-order valence-corrected chi connectivity index (χ2v) is 7.89. The molecule has 9 heteroatoms. The van der Waals surface area contributed by atoms with Crippen LogP contribution in [0.4, 0.5) is 0 Å². The lowest BCUT2D eigenvalue weighted by atomic mass is 10.0. The van der Waals surface area contributed by atoms with Crippen LogP contribution in [0.15, 0.2) is 46.8 Å². The first kappa shape index (κ1) is 23.6. The van der Waals surface area contributed by atoms with Crippen LogP contribution in [0.3, 0.4) is 0 Å². The number of pyridine rings is 2. The molecule has 0 aliphatic heterocycles. The number of carbonyl (C=O) groups is 3. The van der Waals surface area contributed by atoms with Crippen molar-refractivity contribution in [3.8, 4) is 5.75 Å². The maximum absolute atomic E-state index is 13.4. The zero-order valence-electron chi connectivity index (χ0n) is 18.8. The fourth-order valence-electron chi connectivity index (χ4n) is 3.65. The lowest BCUT2D eigenvalue weighted by Gasteiger charge is -2.18. The van der Waals surface area contributed by atoms with Gasteiger partial charge in [0.1, 0.15) is 5.75 Å². The van der Waals surface area contributed by atoms with Gasteiger partial charge in [0.2, 0.25) is 0 Å². The number of methoxy groups -OCH3 is 1. The first-order chi connectivity index (χ1) is 15.6. The number of aryl methyl sites for hydroxylation is 1. The number of rotatable bonds is 8. The Morgan fingerprint density at radius 1 is 1.24 bits per heavy atom. The Morgan fingerprint density at radius 2 is 1.94 bits per heavy atom. The molecule has 0 saturated heterocycles. The van der Waals surface area contributed by atoms with Gasteiger partial charge >= 0.3 is 5.97 Å². The van der Waals surface area contributed by atoms with Crippen molar-refractivity contribution in [1.82, 2.24) is 14.9 Å². The molecule has 0 aliphatic carbocycles. The minimum atomic E-state index is -1.08. The molecule has 0 bridgehead atoms. The summed E-state index contributed by atoms with van der Waals surface area (Å²) in [5.41, 5.74) is 1.02. The molecule has 0 fully saturated rings. The Kier molecular flexibility index (Phi) is 6.91. The molecule has 0 spiro atoms. The molecule has 172 valence electrons. The molecule has 33 heavy (non-hydrogen) atoms. The summed E-state index contributed by atoms with van der Waals surface area (Å²) in [7, 11) is 2.96. The molecule has 1 aromatic carbocycles. The van der Waals surface area contributed by atoms with Gasteiger partial charge < -0.3 is 19.7 Å². The van der Waals surface area contributed by atoms with Crippen LogP contribution >= 0.6 is 0 Å². The van der Waals surface area contributed by atoms with Gasteiger partial charge in [-0.05, 0) is 32.4 Å². The van der Waals surface area contributed by atoms with Gasteiger partial charge in [0, 0.05) is 24.9 Å². The Hall–Kier alpha value is -4.01. The summed E-state index contributed by atoms with van der Waals surface area (Å²) in [5.74, 6) is -1.90. The Balaban J connectivity index is 2.20. The zero-order chi connectivity index (χ0) is 24.3. The fourth-order valence-corrected chi connectivity index (χ4v) is 3.65. The number of carboxylic acids is 1. The largest absolute Gasteiger partial charge is 0.496 e. The van der Waals surface area contributed by atoms with Crippen molar-refractivity contribution >= 4 is 39.5 Å². The average Bonchev–Trinajstić information content (AvgIpc) is 2.77. The smallest absolute Gasteiger partial charge is 0.303 e. The van der Waals surface area contributed by atoms with Crippen LogP contribution in [-0.4, -0.2) is 45.5 Å². The molecule has 2 N–H and O–H groups in total. The summed E-state index contributed by atoms with van der Waals surface area (Å²) < 4.78 is 6.74. The molecule has 0 saturated carbocycles. The summed E-state index contributed by atoms with van der Waals surface area (Å²) in [6.07, 6.45) is 0.973. The van der Waals surface area contributed by atoms with E-state index in [1.165, 1.54) is 30.9 Å². The van der Waals surface area contributed by atoms with Crippen molar-refractivity contribution in [3.63, 3.8) is 0 Å². The van der Waals surface area contributed by atoms with Crippen LogP contribution in [0, 0.1) is 0 Å². The number of allylic oxidation sites excluding steroid dienone is 1. The first-order valence-electron chi connectivity index (χ1n) is 10.3. The predicted octanol–water partition coefficient (Wildman–Crippen LogP) is 2.59. The SMILES string of the molecule is COc1cc(=O)n(C)c2c(C(=O)N[C@@H](CCC(=O)O)C(=O)C=C(C)C)nc3ccccc3c12. The van der Waals surface area contributed by atoms with E-state index in [-0.39, 0.29) is 24.1 Å². The Morgan fingerprint density at radius 3 is 2.58 bits per heavy atom. The summed E-state index contributed by atoms with van der Waals surface area (Å²) in [6.45, 7) is 3.46. The van der Waals surface area contributed by atoms with Crippen LogP contribution in [-0.2, 0) is 16.6 Å². The fraction of sp³-hybridized carbons (Fsp3) is 0.292. The molecule has 2 heterocycles. The van der Waals surface area contributed by atoms with Gasteiger partial charge in [0.15, 0.2) is 11.5 Å². The maximum Gasteiger partial charge on any atom is 0.303 e. The number of aromatic nitrogens is 2. The second-order valence-electron chi connectivity index (χ2n) is 7.89. The molecule has 1 amide bonds. The van der Waals surface area contributed by atoms with Crippen LogP contribution in [0.2, 0.25) is 0 Å². The predicted molar refractivity (Wildman–Crippen MR) is 124 cm³/mol. The number of hydrogen-bond acceptors (Lipinski definition) is 6. The van der Waals surface area contributed by atoms with E-state index in [0.717, 1.165) is 5.57 Å². The minimum absolute atomic E-state index is 0.0625. The second kappa shape index (κ2) is 9.64. The number of nitrogens with one attached hydrogen (secondary N) is 1. The van der Waals surface area contributed by atoms with E-state index < -0.39 is 29.3 Å². The summed E-state index contributed by atoms with van der Waals surface area (Å²) >= 11 is 0. The molecule has 2 aromatic heterocycles. The van der Waals surface area contributed by atoms with Crippen molar-refractivity contribution in [2.24, 2.45) is 7.05 Å². The molecular formula is C24H25N3O6. The number of aliphatic carboxylic acids is 1. The van der Waals surface area contributed by atoms with Gasteiger partial charge in [-0.25, -0.2) is 4.98 Å². The van der Waals surface area contributed by atoms with E-state index in [1.54, 1.807) is 26.0 Å². The van der Waals surface area contributed by atoms with Crippen LogP contribution in [0.1, 0.15) is 37.2 Å². The molecule has 9 nitrogen and oxygen atoms in total. The summed E-state index contributed by atoms with van der Waals surface area (Å²) in [4.78, 5) is 54.1. The van der Waals surface area contributed by atoms with E-state index in [4.69, 9.17) is 9.84 Å². The number of carbonyl (C=O) groups excluding carboxylic acids is 2. The number of carboxylic acid groups (broad SMARTS) is 1. The summed E-state index contributed by atoms with van der Waals surface area (Å²) in [6, 6.07) is 7.40. The Bertz CT molecular complexity index is 1350. The highest BCUT2D eigenvalue weighted by atomic mass is 16.5. The highest BCUT2D eigenvalue weighted by Crippen LogP contribution is 2.32. The lowest BCUT2D eigenvalue weighted by molar-refractivity contribution is -0.137. The molecule has 3 aromatic rings. The third-order valence-electron chi connectivity index (χ3n) is 5.20. The molecular weight excluding hydrogens is 426 g/mol. The van der Waals surface area contributed by atoms with Crippen molar-refractivity contribution in [2.45, 2.75) is 32.7 Å². The van der Waals surface area contributed by atoms with E-state index in [0.29, 0.717) is 22.0 Å². The number of ketones is 1. The number of benzene rings is 1. The van der Waals surface area contributed by atoms with E-state index in [1.807, 2.05) is 12.1 Å². The molecule has 0 unspecified atom stereocenters. The van der Waals surface area contributed by atoms with Gasteiger partial charge in [-0.1, -0.05) is 23.8 Å². The number of amides is 1. The number of para-hydroxylation sites is 1. The number of fused-ring (bicyclic) bond motifs is 3. The Labute approximate surface area is 189 Å². The average molecular weight is 451 g/mol. The van der Waals surface area contributed by atoms with Gasteiger partial charge in [0.05, 0.1) is 29.6 Å². The monoisotopic (exact) mass is 451 g/mol. The van der Waals surface area contributed by atoms with Gasteiger partial charge in [-0.3, -0.25) is 19.2 Å². The van der Waals surface area contributed by atoms with E-state index in [9.17, 15) is 19.2 Å². The van der Waals surface area contributed by atoms with Gasteiger partial charge in [-0.2, -0.15) is 0 Å². The van der Waals surface area contributed by atoms with E-state index >= 15 is 0 Å². The molecule has 3 rings (SSSR count). The third-order valence-corrected chi connectivity index (χ3v) is 5.20. The number of hydrogen-bond donors (Lipinski definition) is 2. The minimum Gasteiger partial charge on any atom is -0.496 e. The third kappa shape index (κ3) is 4.92. The molecule has 0 radical (unpaired) electrons. The number of ether oxygens (including phenoxy) is 1. The van der Waals surface area contributed by atoms with Crippen LogP contribution in [0.25, 0.3) is 21.8 Å². The van der Waals surface area contributed by atoms with Crippen LogP contribution in [0.5, 0.6) is 5.75 Å². The number of nitrogens with zero attached hydrogens (tertiary/aromatic N) is 2. The standard InChI is InChI=1S/C24H25N3O6/c1-13(2)11-17(28)16(9-10-20(30)31)26-24(32)22-23-21(14-7-5-6-8-15(14)25-22)18(33-4)12-19(29)27(23)3/h5-8,11-12,16H,9-10H2,1-4H3,(H,26,32)(H,30,31)/t16-/m0/s1. The normalized spacial score (nSPS) is 11.8. The van der Waals surface area contributed by atoms with Gasteiger partial charge in [0.25, 0.3) is 11.5 Å². The lowest BCUT2D eigenvalue weighted by Crippen LogP contribution is -2.41. The first-order valence-corrected chi connectivity index (χ1v) is 10.3. The maximum atomic E-state index is 13.4. The topological polar surface area (TPSA) is 128 Å². The zero-order valence-corrected chi connectivity index (χ0v) is 18.8. The van der Waals surface area contributed by atoms with Crippen molar-refractivity contribution in [1.29, 1.82) is 0 Å². The van der Waals surface area contributed by atoms with Crippen molar-refractivity contribution < 1.29 is 24.2 Å². The molecule has 1 atom stereocenters. The van der Waals surface area contributed by atoms with Crippen molar-refractivity contribution in [3.05, 3.63) is 58.0 Å². The highest BCUT2D eigenvalue weighted by Gasteiger charge is 2.25. The van der Waals surface area contributed by atoms with E-state index in [2.05, 4.69) is 10.3 Å². The van der Waals surface area contributed by atoms with Crippen LogP contribution < -0.4 is 15.6 Å². The van der Waals surface area contributed by atoms with Gasteiger partial charge in [-0.15, -0.1) is 0 Å². The highest BCUT2D eigenvalue weighted by molar-refractivity contribution is 6.15. The summed E-state index contributed by atoms with van der Waals surface area (Å²) in [5, 5.41) is 12.9. The quantitative estimate of drug-likeness (QED) is 0.398. The molecule has 0 aliphatic rings. The van der Waals surface area contributed by atoms with Crippen molar-refractivity contribution in [2.75, 3.05) is 7.11 Å².